The van der Waals surface area contributed by atoms with Crippen LogP contribution in [0.1, 0.15) is 18.4 Å². The molecule has 0 bridgehead atoms. The van der Waals surface area contributed by atoms with E-state index in [1.807, 2.05) is 18.2 Å². The number of nitrogens with one attached hydrogen (secondary N) is 2. The van der Waals surface area contributed by atoms with E-state index in [9.17, 15) is 0 Å². The molecule has 0 unspecified atom stereocenters. The Morgan fingerprint density at radius 3 is 2.70 bits per heavy atom. The van der Waals surface area contributed by atoms with Gasteiger partial charge < -0.3 is 24.8 Å². The Labute approximate surface area is 178 Å². The van der Waals surface area contributed by atoms with Gasteiger partial charge in [0.25, 0.3) is 0 Å². The third-order valence-electron chi connectivity index (χ3n) is 5.41. The molecule has 0 aromatic heterocycles. The number of fused-ring (bicyclic) bond motifs is 1. The van der Waals surface area contributed by atoms with Crippen LogP contribution in [0.15, 0.2) is 53.5 Å². The number of aliphatic imine (C=N–C) groups is 1. The molecule has 0 spiro atoms. The normalized spacial score (nSPS) is 17.0. The van der Waals surface area contributed by atoms with Gasteiger partial charge in [-0.2, -0.15) is 0 Å². The molecule has 7 nitrogen and oxygen atoms in total. The van der Waals surface area contributed by atoms with Gasteiger partial charge in [-0.3, -0.25) is 9.89 Å². The van der Waals surface area contributed by atoms with Gasteiger partial charge in [0.1, 0.15) is 12.4 Å². The molecule has 0 saturated carbocycles. The van der Waals surface area contributed by atoms with Crippen LogP contribution < -0.4 is 24.8 Å². The molecule has 2 aliphatic rings. The number of rotatable bonds is 7. The van der Waals surface area contributed by atoms with E-state index in [1.165, 1.54) is 5.56 Å². The quantitative estimate of drug-likeness (QED) is 0.416. The Balaban J connectivity index is 1.14. The predicted octanol–water partition coefficient (Wildman–Crippen LogP) is 2.62. The molecular weight excluding hydrogens is 380 g/mol. The number of benzene rings is 2. The van der Waals surface area contributed by atoms with E-state index in [-0.39, 0.29) is 6.79 Å². The first-order chi connectivity index (χ1) is 14.8. The first kappa shape index (κ1) is 20.3. The molecule has 4 rings (SSSR count). The highest BCUT2D eigenvalue weighted by Crippen LogP contribution is 2.34. The lowest BCUT2D eigenvalue weighted by molar-refractivity contribution is 0.173. The Morgan fingerprint density at radius 1 is 1.10 bits per heavy atom. The lowest BCUT2D eigenvalue weighted by Gasteiger charge is -2.33. The van der Waals surface area contributed by atoms with Gasteiger partial charge in [-0.15, -0.1) is 0 Å². The zero-order valence-corrected chi connectivity index (χ0v) is 17.5. The number of piperidine rings is 1. The monoisotopic (exact) mass is 410 g/mol. The molecule has 2 aromatic rings. The highest BCUT2D eigenvalue weighted by Gasteiger charge is 2.20. The molecular formula is C23H30N4O3. The summed E-state index contributed by atoms with van der Waals surface area (Å²) in [5.74, 6) is 3.09. The Morgan fingerprint density at radius 2 is 1.90 bits per heavy atom. The molecule has 160 valence electrons. The SMILES string of the molecule is CN=C(NCCOc1ccc2c(c1)OCO2)NC1CCN(Cc2ccccc2)CC1. The molecule has 2 heterocycles. The third-order valence-corrected chi connectivity index (χ3v) is 5.41. The van der Waals surface area contributed by atoms with Gasteiger partial charge in [-0.05, 0) is 30.5 Å². The molecule has 0 radical (unpaired) electrons. The van der Waals surface area contributed by atoms with E-state index in [1.54, 1.807) is 7.05 Å². The zero-order valence-electron chi connectivity index (χ0n) is 17.5. The second-order valence-electron chi connectivity index (χ2n) is 7.54. The smallest absolute Gasteiger partial charge is 0.231 e. The molecule has 30 heavy (non-hydrogen) atoms. The van der Waals surface area contributed by atoms with Crippen molar-refractivity contribution in [2.75, 3.05) is 40.1 Å². The van der Waals surface area contributed by atoms with Gasteiger partial charge in [0.2, 0.25) is 6.79 Å². The number of likely N-dealkylation sites (tertiary alicyclic amines) is 1. The second kappa shape index (κ2) is 10.2. The minimum Gasteiger partial charge on any atom is -0.492 e. The fourth-order valence-electron chi connectivity index (χ4n) is 3.77. The largest absolute Gasteiger partial charge is 0.492 e. The highest BCUT2D eigenvalue weighted by atomic mass is 16.7. The van der Waals surface area contributed by atoms with Gasteiger partial charge in [-0.25, -0.2) is 0 Å². The van der Waals surface area contributed by atoms with Crippen LogP contribution in [0.25, 0.3) is 0 Å². The van der Waals surface area contributed by atoms with Crippen molar-refractivity contribution in [1.82, 2.24) is 15.5 Å². The summed E-state index contributed by atoms with van der Waals surface area (Å²) in [6.07, 6.45) is 2.22. The number of hydrogen-bond acceptors (Lipinski definition) is 5. The second-order valence-corrected chi connectivity index (χ2v) is 7.54. The van der Waals surface area contributed by atoms with Gasteiger partial charge in [0.15, 0.2) is 17.5 Å². The van der Waals surface area contributed by atoms with E-state index in [2.05, 4.69) is 50.9 Å². The van der Waals surface area contributed by atoms with Crippen molar-refractivity contribution in [2.45, 2.75) is 25.4 Å². The lowest BCUT2D eigenvalue weighted by Crippen LogP contribution is -2.49. The van der Waals surface area contributed by atoms with Crippen LogP contribution in [0.2, 0.25) is 0 Å². The van der Waals surface area contributed by atoms with Crippen LogP contribution in [0.5, 0.6) is 17.2 Å². The molecule has 1 saturated heterocycles. The van der Waals surface area contributed by atoms with E-state index in [4.69, 9.17) is 14.2 Å². The Bertz CT molecular complexity index is 836. The van der Waals surface area contributed by atoms with Crippen LogP contribution >= 0.6 is 0 Å². The van der Waals surface area contributed by atoms with E-state index >= 15 is 0 Å². The molecule has 2 aliphatic heterocycles. The molecule has 2 N–H and O–H groups in total. The van der Waals surface area contributed by atoms with Crippen LogP contribution in [0, 0.1) is 0 Å². The summed E-state index contributed by atoms with van der Waals surface area (Å²) in [5.41, 5.74) is 1.38. The van der Waals surface area contributed by atoms with Gasteiger partial charge >= 0.3 is 0 Å². The molecule has 0 amide bonds. The van der Waals surface area contributed by atoms with Crippen molar-refractivity contribution in [2.24, 2.45) is 4.99 Å². The Kier molecular flexibility index (Phi) is 6.92. The van der Waals surface area contributed by atoms with Crippen molar-refractivity contribution in [1.29, 1.82) is 0 Å². The van der Waals surface area contributed by atoms with Crippen LogP contribution in [0.4, 0.5) is 0 Å². The number of nitrogens with zero attached hydrogens (tertiary/aromatic N) is 2. The predicted molar refractivity (Wildman–Crippen MR) is 117 cm³/mol. The molecule has 2 aromatic carbocycles. The minimum absolute atomic E-state index is 0.271. The standard InChI is InChI=1S/C23H30N4O3/c1-24-23(25-11-14-28-20-7-8-21-22(15-20)30-17-29-21)26-19-9-12-27(13-10-19)16-18-5-3-2-4-6-18/h2-8,15,19H,9-14,16-17H2,1H3,(H2,24,25,26). The summed E-state index contributed by atoms with van der Waals surface area (Å²) in [6, 6.07) is 16.7. The molecule has 0 aliphatic carbocycles. The number of hydrogen-bond donors (Lipinski definition) is 2. The molecule has 7 heteroatoms. The van der Waals surface area contributed by atoms with Crippen molar-refractivity contribution >= 4 is 5.96 Å². The minimum atomic E-state index is 0.271. The van der Waals surface area contributed by atoms with Crippen molar-refractivity contribution in [3.05, 3.63) is 54.1 Å². The molecule has 0 atom stereocenters. The summed E-state index contributed by atoms with van der Waals surface area (Å²) < 4.78 is 16.5. The average Bonchev–Trinajstić information content (AvgIpc) is 3.26. The maximum atomic E-state index is 5.80. The van der Waals surface area contributed by atoms with Gasteiger partial charge in [0, 0.05) is 38.8 Å². The van der Waals surface area contributed by atoms with E-state index in [0.29, 0.717) is 19.2 Å². The van der Waals surface area contributed by atoms with Gasteiger partial charge in [0.05, 0.1) is 6.54 Å². The van der Waals surface area contributed by atoms with Crippen LogP contribution in [-0.4, -0.2) is 57.0 Å². The average molecular weight is 411 g/mol. The van der Waals surface area contributed by atoms with Crippen molar-refractivity contribution in [3.8, 4) is 17.2 Å². The van der Waals surface area contributed by atoms with Crippen LogP contribution in [0.3, 0.4) is 0 Å². The molecule has 1 fully saturated rings. The number of ether oxygens (including phenoxy) is 3. The third kappa shape index (κ3) is 5.57. The highest BCUT2D eigenvalue weighted by molar-refractivity contribution is 5.79. The summed E-state index contributed by atoms with van der Waals surface area (Å²) in [6.45, 7) is 4.69. The Hall–Kier alpha value is -2.93. The zero-order chi connectivity index (χ0) is 20.6. The first-order valence-corrected chi connectivity index (χ1v) is 10.6. The summed E-state index contributed by atoms with van der Waals surface area (Å²) in [7, 11) is 1.80. The fourth-order valence-corrected chi connectivity index (χ4v) is 3.77. The van der Waals surface area contributed by atoms with Crippen molar-refractivity contribution < 1.29 is 14.2 Å². The topological polar surface area (TPSA) is 67.4 Å². The summed E-state index contributed by atoms with van der Waals surface area (Å²) >= 11 is 0. The number of guanidine groups is 1. The maximum Gasteiger partial charge on any atom is 0.231 e. The lowest BCUT2D eigenvalue weighted by atomic mass is 10.0. The summed E-state index contributed by atoms with van der Waals surface area (Å²) in [4.78, 5) is 6.87. The van der Waals surface area contributed by atoms with Crippen molar-refractivity contribution in [3.63, 3.8) is 0 Å². The van der Waals surface area contributed by atoms with E-state index < -0.39 is 0 Å². The first-order valence-electron chi connectivity index (χ1n) is 10.6. The van der Waals surface area contributed by atoms with Crippen LogP contribution in [-0.2, 0) is 6.54 Å². The van der Waals surface area contributed by atoms with E-state index in [0.717, 1.165) is 55.7 Å². The fraction of sp³-hybridized carbons (Fsp3) is 0.435. The van der Waals surface area contributed by atoms with Gasteiger partial charge in [-0.1, -0.05) is 30.3 Å². The summed E-state index contributed by atoms with van der Waals surface area (Å²) in [5, 5.41) is 6.88. The maximum absolute atomic E-state index is 5.80.